The predicted octanol–water partition coefficient (Wildman–Crippen LogP) is 5.46. The molecule has 5 nitrogen and oxygen atoms in total. The summed E-state index contributed by atoms with van der Waals surface area (Å²) in [6, 6.07) is 15.5. The first-order chi connectivity index (χ1) is 14.0. The lowest BCUT2D eigenvalue weighted by Gasteiger charge is -2.17. The molecular formula is C21H14Cl2N2O3S. The zero-order chi connectivity index (χ0) is 20.5. The standard InChI is InChI=1S/C21H14Cl2N2O3S/c1-28-13-9-7-12(8-10-13)24-19-17(16-6-3-11-29-16)20(26)25(21(19)27)15-5-2-4-14(22)18(15)23/h2-11,24H,1H3. The van der Waals surface area contributed by atoms with Crippen molar-refractivity contribution in [2.45, 2.75) is 0 Å². The summed E-state index contributed by atoms with van der Waals surface area (Å²) >= 11 is 13.8. The van der Waals surface area contributed by atoms with E-state index in [0.717, 1.165) is 4.90 Å². The van der Waals surface area contributed by atoms with Gasteiger partial charge >= 0.3 is 0 Å². The van der Waals surface area contributed by atoms with Gasteiger partial charge in [-0.2, -0.15) is 0 Å². The summed E-state index contributed by atoms with van der Waals surface area (Å²) in [5.74, 6) is -0.278. The first-order valence-electron chi connectivity index (χ1n) is 8.53. The largest absolute Gasteiger partial charge is 0.497 e. The Morgan fingerprint density at radius 1 is 0.966 bits per heavy atom. The fourth-order valence-electron chi connectivity index (χ4n) is 3.00. The normalized spacial score (nSPS) is 14.0. The van der Waals surface area contributed by atoms with E-state index in [9.17, 15) is 9.59 Å². The van der Waals surface area contributed by atoms with Crippen molar-refractivity contribution in [2.75, 3.05) is 17.3 Å². The minimum absolute atomic E-state index is 0.145. The van der Waals surface area contributed by atoms with Gasteiger partial charge in [-0.3, -0.25) is 9.59 Å². The first-order valence-corrected chi connectivity index (χ1v) is 10.2. The molecule has 1 aromatic heterocycles. The highest BCUT2D eigenvalue weighted by atomic mass is 35.5. The van der Waals surface area contributed by atoms with E-state index in [-0.39, 0.29) is 27.0 Å². The number of ether oxygens (including phenoxy) is 1. The molecule has 2 heterocycles. The van der Waals surface area contributed by atoms with Gasteiger partial charge in [0.1, 0.15) is 11.4 Å². The van der Waals surface area contributed by atoms with Gasteiger partial charge in [0.05, 0.1) is 28.4 Å². The number of methoxy groups -OCH3 is 1. The quantitative estimate of drug-likeness (QED) is 0.530. The maximum Gasteiger partial charge on any atom is 0.282 e. The third-order valence-electron chi connectivity index (χ3n) is 4.38. The van der Waals surface area contributed by atoms with E-state index in [4.69, 9.17) is 27.9 Å². The number of nitrogens with one attached hydrogen (secondary N) is 1. The molecule has 1 aliphatic rings. The van der Waals surface area contributed by atoms with E-state index in [2.05, 4.69) is 5.32 Å². The first kappa shape index (κ1) is 19.5. The van der Waals surface area contributed by atoms with Crippen LogP contribution in [-0.4, -0.2) is 18.9 Å². The summed E-state index contributed by atoms with van der Waals surface area (Å²) in [7, 11) is 1.58. The van der Waals surface area contributed by atoms with E-state index < -0.39 is 11.8 Å². The SMILES string of the molecule is COc1ccc(NC2=C(c3cccs3)C(=O)N(c3cccc(Cl)c3Cl)C2=O)cc1. The third kappa shape index (κ3) is 3.51. The summed E-state index contributed by atoms with van der Waals surface area (Å²) in [5.41, 5.74) is 1.36. The molecule has 0 saturated carbocycles. The molecule has 0 spiro atoms. The zero-order valence-corrected chi connectivity index (χ0v) is 17.4. The lowest BCUT2D eigenvalue weighted by atomic mass is 10.2. The molecule has 0 fully saturated rings. The molecule has 8 heteroatoms. The lowest BCUT2D eigenvalue weighted by Crippen LogP contribution is -2.32. The summed E-state index contributed by atoms with van der Waals surface area (Å²) in [4.78, 5) is 28.3. The fraction of sp³-hybridized carbons (Fsp3) is 0.0476. The molecule has 29 heavy (non-hydrogen) atoms. The lowest BCUT2D eigenvalue weighted by molar-refractivity contribution is -0.120. The number of halogens is 2. The number of hydrogen-bond donors (Lipinski definition) is 1. The summed E-state index contributed by atoms with van der Waals surface area (Å²) in [6.07, 6.45) is 0. The number of carbonyl (C=O) groups excluding carboxylic acids is 2. The molecule has 0 unspecified atom stereocenters. The van der Waals surface area contributed by atoms with Crippen LogP contribution in [-0.2, 0) is 9.59 Å². The van der Waals surface area contributed by atoms with Gasteiger partial charge in [-0.1, -0.05) is 35.3 Å². The van der Waals surface area contributed by atoms with Crippen molar-refractivity contribution in [2.24, 2.45) is 0 Å². The Bertz CT molecular complexity index is 1130. The van der Waals surface area contributed by atoms with Crippen molar-refractivity contribution in [3.8, 4) is 5.75 Å². The van der Waals surface area contributed by atoms with Gasteiger partial charge in [0.25, 0.3) is 11.8 Å². The van der Waals surface area contributed by atoms with Crippen LogP contribution in [0.2, 0.25) is 10.0 Å². The van der Waals surface area contributed by atoms with Crippen molar-refractivity contribution < 1.29 is 14.3 Å². The molecular weight excluding hydrogens is 431 g/mol. The minimum atomic E-state index is -0.501. The number of thiophene rings is 1. The maximum atomic E-state index is 13.3. The molecule has 1 aliphatic heterocycles. The highest BCUT2D eigenvalue weighted by molar-refractivity contribution is 7.11. The molecule has 0 radical (unpaired) electrons. The van der Waals surface area contributed by atoms with Crippen molar-refractivity contribution in [3.63, 3.8) is 0 Å². The molecule has 3 aromatic rings. The van der Waals surface area contributed by atoms with Gasteiger partial charge < -0.3 is 10.1 Å². The molecule has 1 N–H and O–H groups in total. The highest BCUT2D eigenvalue weighted by Gasteiger charge is 2.41. The van der Waals surface area contributed by atoms with E-state index in [1.165, 1.54) is 11.3 Å². The molecule has 4 rings (SSSR count). The van der Waals surface area contributed by atoms with Crippen LogP contribution >= 0.6 is 34.5 Å². The topological polar surface area (TPSA) is 58.6 Å². The third-order valence-corrected chi connectivity index (χ3v) is 6.08. The van der Waals surface area contributed by atoms with Gasteiger partial charge in [0, 0.05) is 10.6 Å². The molecule has 0 bridgehead atoms. The van der Waals surface area contributed by atoms with E-state index in [1.54, 1.807) is 55.6 Å². The Morgan fingerprint density at radius 2 is 1.72 bits per heavy atom. The van der Waals surface area contributed by atoms with Crippen molar-refractivity contribution >= 4 is 63.3 Å². The van der Waals surface area contributed by atoms with Crippen LogP contribution < -0.4 is 15.0 Å². The number of carbonyl (C=O) groups is 2. The van der Waals surface area contributed by atoms with Crippen LogP contribution in [0.15, 0.2) is 65.7 Å². The zero-order valence-electron chi connectivity index (χ0n) is 15.1. The summed E-state index contributed by atoms with van der Waals surface area (Å²) in [5, 5.41) is 5.34. The fourth-order valence-corrected chi connectivity index (χ4v) is 4.15. The second-order valence-electron chi connectivity index (χ2n) is 6.10. The Labute approximate surface area is 181 Å². The van der Waals surface area contributed by atoms with Gasteiger partial charge in [0.2, 0.25) is 0 Å². The van der Waals surface area contributed by atoms with Crippen LogP contribution in [0.4, 0.5) is 11.4 Å². The van der Waals surface area contributed by atoms with Crippen LogP contribution in [0.1, 0.15) is 4.88 Å². The monoisotopic (exact) mass is 444 g/mol. The molecule has 146 valence electrons. The van der Waals surface area contributed by atoms with Crippen LogP contribution in [0.3, 0.4) is 0 Å². The molecule has 0 saturated heterocycles. The predicted molar refractivity (Wildman–Crippen MR) is 117 cm³/mol. The average molecular weight is 445 g/mol. The maximum absolute atomic E-state index is 13.3. The average Bonchev–Trinajstić information content (AvgIpc) is 3.32. The molecule has 2 amide bonds. The van der Waals surface area contributed by atoms with E-state index >= 15 is 0 Å². The molecule has 0 aliphatic carbocycles. The Hall–Kier alpha value is -2.80. The molecule has 2 aromatic carbocycles. The van der Waals surface area contributed by atoms with Crippen molar-refractivity contribution in [3.05, 3.63) is 80.6 Å². The van der Waals surface area contributed by atoms with E-state index in [0.29, 0.717) is 16.3 Å². The highest BCUT2D eigenvalue weighted by Crippen LogP contribution is 2.40. The Kier molecular flexibility index (Phi) is 5.32. The van der Waals surface area contributed by atoms with Gasteiger partial charge in [-0.05, 0) is 47.8 Å². The number of amides is 2. The number of nitrogens with zero attached hydrogens (tertiary/aromatic N) is 1. The van der Waals surface area contributed by atoms with Gasteiger partial charge in [0.15, 0.2) is 0 Å². The summed E-state index contributed by atoms with van der Waals surface area (Å²) < 4.78 is 5.16. The second kappa shape index (κ2) is 7.91. The number of imide groups is 1. The van der Waals surface area contributed by atoms with E-state index in [1.807, 2.05) is 11.4 Å². The number of rotatable bonds is 5. The van der Waals surface area contributed by atoms with Gasteiger partial charge in [-0.15, -0.1) is 11.3 Å². The minimum Gasteiger partial charge on any atom is -0.497 e. The Balaban J connectivity index is 1.79. The van der Waals surface area contributed by atoms with Crippen LogP contribution in [0.25, 0.3) is 5.57 Å². The second-order valence-corrected chi connectivity index (χ2v) is 7.83. The Morgan fingerprint density at radius 3 is 2.38 bits per heavy atom. The van der Waals surface area contributed by atoms with Gasteiger partial charge in [-0.25, -0.2) is 4.90 Å². The number of hydrogen-bond acceptors (Lipinski definition) is 5. The smallest absolute Gasteiger partial charge is 0.282 e. The van der Waals surface area contributed by atoms with Crippen molar-refractivity contribution in [1.82, 2.24) is 0 Å². The van der Waals surface area contributed by atoms with Crippen LogP contribution in [0.5, 0.6) is 5.75 Å². The number of benzene rings is 2. The summed E-state index contributed by atoms with van der Waals surface area (Å²) in [6.45, 7) is 0. The van der Waals surface area contributed by atoms with Crippen LogP contribution in [0, 0.1) is 0 Å². The van der Waals surface area contributed by atoms with Crippen molar-refractivity contribution in [1.29, 1.82) is 0 Å². The number of anilines is 2. The molecule has 0 atom stereocenters.